The molecule has 0 saturated carbocycles. The first-order chi connectivity index (χ1) is 14.3. The summed E-state index contributed by atoms with van der Waals surface area (Å²) in [6.45, 7) is 3.44. The van der Waals surface area contributed by atoms with Gasteiger partial charge in [0.1, 0.15) is 5.82 Å². The average molecular weight is 436 g/mol. The van der Waals surface area contributed by atoms with Gasteiger partial charge in [0.05, 0.1) is 5.56 Å². The van der Waals surface area contributed by atoms with Crippen LogP contribution in [0, 0.1) is 5.82 Å². The number of carbonyl (C=O) groups is 1. The van der Waals surface area contributed by atoms with E-state index < -0.39 is 11.7 Å². The molecule has 1 aliphatic rings. The smallest absolute Gasteiger partial charge is 0.369 e. The lowest BCUT2D eigenvalue weighted by molar-refractivity contribution is -0.137. The van der Waals surface area contributed by atoms with E-state index in [1.165, 1.54) is 35.6 Å². The molecule has 158 valence electrons. The van der Waals surface area contributed by atoms with Crippen molar-refractivity contribution in [3.05, 3.63) is 64.8 Å². The van der Waals surface area contributed by atoms with Gasteiger partial charge in [-0.15, -0.1) is 11.3 Å². The normalized spacial score (nSPS) is 15.7. The second-order valence-electron chi connectivity index (χ2n) is 7.34. The molecule has 4 rings (SSSR count). The van der Waals surface area contributed by atoms with Crippen molar-refractivity contribution < 1.29 is 22.4 Å². The standard InChI is InChI=1S/C22H20F4N2OS/c23-16-3-6-21-18(13-16)19(14-30-21)20(29)7-8-27-9-11-28(12-10-27)17-4-1-15(2-5-17)22(24,25)26/h1-6,13-14H,7-12H2. The van der Waals surface area contributed by atoms with Gasteiger partial charge in [0.15, 0.2) is 5.78 Å². The minimum Gasteiger partial charge on any atom is -0.369 e. The number of hydrogen-bond donors (Lipinski definition) is 0. The monoisotopic (exact) mass is 436 g/mol. The summed E-state index contributed by atoms with van der Waals surface area (Å²) in [7, 11) is 0. The van der Waals surface area contributed by atoms with Crippen LogP contribution in [0.15, 0.2) is 47.8 Å². The molecule has 0 atom stereocenters. The van der Waals surface area contributed by atoms with Crippen LogP contribution in [0.4, 0.5) is 23.2 Å². The fourth-order valence-electron chi connectivity index (χ4n) is 3.70. The van der Waals surface area contributed by atoms with Crippen molar-refractivity contribution in [1.29, 1.82) is 0 Å². The Morgan fingerprint density at radius 2 is 1.70 bits per heavy atom. The predicted octanol–water partition coefficient (Wildman–Crippen LogP) is 5.45. The zero-order chi connectivity index (χ0) is 21.3. The number of anilines is 1. The van der Waals surface area contributed by atoms with Gasteiger partial charge in [-0.3, -0.25) is 9.69 Å². The average Bonchev–Trinajstić information content (AvgIpc) is 3.15. The molecule has 0 N–H and O–H groups in total. The molecule has 0 radical (unpaired) electrons. The zero-order valence-electron chi connectivity index (χ0n) is 16.1. The van der Waals surface area contributed by atoms with E-state index in [0.717, 1.165) is 35.6 Å². The van der Waals surface area contributed by atoms with Crippen LogP contribution in [-0.2, 0) is 6.18 Å². The molecule has 0 amide bonds. The molecular weight excluding hydrogens is 416 g/mol. The Morgan fingerprint density at radius 3 is 2.37 bits per heavy atom. The van der Waals surface area contributed by atoms with Crippen molar-refractivity contribution >= 4 is 32.9 Å². The number of Topliss-reactive ketones (excluding diaryl/α,β-unsaturated/α-hetero) is 1. The van der Waals surface area contributed by atoms with Crippen molar-refractivity contribution in [2.24, 2.45) is 0 Å². The fourth-order valence-corrected chi connectivity index (χ4v) is 4.65. The van der Waals surface area contributed by atoms with Gasteiger partial charge < -0.3 is 4.90 Å². The van der Waals surface area contributed by atoms with Gasteiger partial charge in [-0.1, -0.05) is 0 Å². The van der Waals surface area contributed by atoms with Gasteiger partial charge in [0, 0.05) is 65.9 Å². The summed E-state index contributed by atoms with van der Waals surface area (Å²) in [5, 5.41) is 2.45. The summed E-state index contributed by atoms with van der Waals surface area (Å²) in [4.78, 5) is 16.9. The van der Waals surface area contributed by atoms with E-state index in [1.54, 1.807) is 11.4 Å². The Hall–Kier alpha value is -2.45. The van der Waals surface area contributed by atoms with E-state index in [2.05, 4.69) is 4.90 Å². The first-order valence-electron chi connectivity index (χ1n) is 9.66. The van der Waals surface area contributed by atoms with Crippen molar-refractivity contribution in [2.45, 2.75) is 12.6 Å². The molecule has 0 aliphatic carbocycles. The number of nitrogens with zero attached hydrogens (tertiary/aromatic N) is 2. The number of benzene rings is 2. The molecule has 30 heavy (non-hydrogen) atoms. The molecule has 2 heterocycles. The van der Waals surface area contributed by atoms with E-state index in [4.69, 9.17) is 0 Å². The summed E-state index contributed by atoms with van der Waals surface area (Å²) in [5.74, 6) is -0.355. The lowest BCUT2D eigenvalue weighted by Crippen LogP contribution is -2.46. The summed E-state index contributed by atoms with van der Waals surface area (Å²) in [5.41, 5.74) is 0.688. The van der Waals surface area contributed by atoms with Crippen LogP contribution in [-0.4, -0.2) is 43.4 Å². The van der Waals surface area contributed by atoms with Crippen LogP contribution in [0.3, 0.4) is 0 Å². The van der Waals surface area contributed by atoms with Crippen LogP contribution in [0.1, 0.15) is 22.3 Å². The second kappa shape index (κ2) is 8.35. The molecule has 2 aromatic carbocycles. The number of halogens is 4. The lowest BCUT2D eigenvalue weighted by Gasteiger charge is -2.36. The molecular formula is C22H20F4N2OS. The Kier molecular flexibility index (Phi) is 5.79. The third-order valence-corrected chi connectivity index (χ3v) is 6.39. The summed E-state index contributed by atoms with van der Waals surface area (Å²) >= 11 is 1.43. The molecule has 3 aromatic rings. The quantitative estimate of drug-likeness (QED) is 0.392. The van der Waals surface area contributed by atoms with Gasteiger partial charge in [-0.2, -0.15) is 13.2 Å². The molecule has 3 nitrogen and oxygen atoms in total. The molecule has 1 aromatic heterocycles. The van der Waals surface area contributed by atoms with E-state index >= 15 is 0 Å². The number of hydrogen-bond acceptors (Lipinski definition) is 4. The molecule has 8 heteroatoms. The van der Waals surface area contributed by atoms with Crippen LogP contribution < -0.4 is 4.90 Å². The van der Waals surface area contributed by atoms with Crippen LogP contribution in [0.5, 0.6) is 0 Å². The third kappa shape index (κ3) is 4.49. The summed E-state index contributed by atoms with van der Waals surface area (Å²) < 4.78 is 52.5. The number of piperazine rings is 1. The zero-order valence-corrected chi connectivity index (χ0v) is 16.9. The Morgan fingerprint density at radius 1 is 1.00 bits per heavy atom. The number of rotatable bonds is 5. The SMILES string of the molecule is O=C(CCN1CCN(c2ccc(C(F)(F)F)cc2)CC1)c1csc2ccc(F)cc12. The summed E-state index contributed by atoms with van der Waals surface area (Å²) in [6.07, 6.45) is -3.98. The first-order valence-corrected chi connectivity index (χ1v) is 10.5. The molecule has 1 saturated heterocycles. The Bertz CT molecular complexity index is 1040. The Labute approximate surface area is 175 Å². The van der Waals surface area contributed by atoms with Gasteiger partial charge >= 0.3 is 6.18 Å². The maximum atomic E-state index is 13.5. The van der Waals surface area contributed by atoms with Gasteiger partial charge in [-0.05, 0) is 42.5 Å². The number of thiophene rings is 1. The second-order valence-corrected chi connectivity index (χ2v) is 8.25. The van der Waals surface area contributed by atoms with Crippen LogP contribution in [0.2, 0.25) is 0 Å². The van der Waals surface area contributed by atoms with Gasteiger partial charge in [-0.25, -0.2) is 4.39 Å². The van der Waals surface area contributed by atoms with Crippen molar-refractivity contribution in [3.63, 3.8) is 0 Å². The molecule has 0 bridgehead atoms. The Balaban J connectivity index is 1.30. The number of fused-ring (bicyclic) bond motifs is 1. The van der Waals surface area contributed by atoms with Crippen molar-refractivity contribution in [1.82, 2.24) is 4.90 Å². The minimum absolute atomic E-state index is 0.00276. The number of ketones is 1. The molecule has 0 spiro atoms. The maximum Gasteiger partial charge on any atom is 0.416 e. The third-order valence-electron chi connectivity index (χ3n) is 5.42. The van der Waals surface area contributed by atoms with E-state index in [0.29, 0.717) is 37.0 Å². The first kappa shape index (κ1) is 20.8. The molecule has 1 fully saturated rings. The topological polar surface area (TPSA) is 23.6 Å². The van der Waals surface area contributed by atoms with Crippen molar-refractivity contribution in [3.8, 4) is 0 Å². The van der Waals surface area contributed by atoms with E-state index in [9.17, 15) is 22.4 Å². The lowest BCUT2D eigenvalue weighted by atomic mass is 10.1. The number of carbonyl (C=O) groups excluding carboxylic acids is 1. The highest BCUT2D eigenvalue weighted by Gasteiger charge is 2.30. The highest BCUT2D eigenvalue weighted by atomic mass is 32.1. The predicted molar refractivity (Wildman–Crippen MR) is 111 cm³/mol. The van der Waals surface area contributed by atoms with Gasteiger partial charge in [0.25, 0.3) is 0 Å². The summed E-state index contributed by atoms with van der Waals surface area (Å²) in [6, 6.07) is 9.70. The molecule has 0 unspecified atom stereocenters. The van der Waals surface area contributed by atoms with E-state index in [-0.39, 0.29) is 11.6 Å². The highest BCUT2D eigenvalue weighted by Crippen LogP contribution is 2.31. The fraction of sp³-hybridized carbons (Fsp3) is 0.318. The van der Waals surface area contributed by atoms with Crippen LogP contribution in [0.25, 0.3) is 10.1 Å². The highest BCUT2D eigenvalue weighted by molar-refractivity contribution is 7.17. The number of alkyl halides is 3. The van der Waals surface area contributed by atoms with Gasteiger partial charge in [0.2, 0.25) is 0 Å². The largest absolute Gasteiger partial charge is 0.416 e. The minimum atomic E-state index is -4.33. The van der Waals surface area contributed by atoms with Crippen LogP contribution >= 0.6 is 11.3 Å². The van der Waals surface area contributed by atoms with Crippen molar-refractivity contribution in [2.75, 3.05) is 37.6 Å². The van der Waals surface area contributed by atoms with E-state index in [1.807, 2.05) is 4.90 Å². The maximum absolute atomic E-state index is 13.5. The molecule has 1 aliphatic heterocycles.